The smallest absolute Gasteiger partial charge is 0.306 e. The monoisotopic (exact) mass is 255 g/mol. The van der Waals surface area contributed by atoms with Crippen LogP contribution in [-0.2, 0) is 16.6 Å². The van der Waals surface area contributed by atoms with Crippen molar-refractivity contribution in [3.05, 3.63) is 17.5 Å². The van der Waals surface area contributed by atoms with E-state index in [9.17, 15) is 9.59 Å². The Morgan fingerprint density at radius 3 is 2.72 bits per heavy atom. The number of hydrogen-bond donors (Lipinski definition) is 2. The van der Waals surface area contributed by atoms with Crippen LogP contribution in [0.1, 0.15) is 22.6 Å². The summed E-state index contributed by atoms with van der Waals surface area (Å²) in [6, 6.07) is 1.66. The molecule has 7 heteroatoms. The largest absolute Gasteiger partial charge is 0.481 e. The van der Waals surface area contributed by atoms with Gasteiger partial charge in [0.1, 0.15) is 5.69 Å². The minimum atomic E-state index is -0.965. The van der Waals surface area contributed by atoms with E-state index in [1.165, 1.54) is 11.8 Å². The summed E-state index contributed by atoms with van der Waals surface area (Å²) in [7, 11) is 3.08. The Hall–Kier alpha value is -1.89. The zero-order chi connectivity index (χ0) is 13.7. The van der Waals surface area contributed by atoms with Gasteiger partial charge in [0.25, 0.3) is 5.91 Å². The number of ether oxygens (including phenoxy) is 1. The number of carbonyl (C=O) groups excluding carboxylic acids is 1. The number of aromatic nitrogens is 2. The lowest BCUT2D eigenvalue weighted by Gasteiger charge is -2.13. The Morgan fingerprint density at radius 1 is 1.61 bits per heavy atom. The van der Waals surface area contributed by atoms with Gasteiger partial charge in [-0.2, -0.15) is 5.10 Å². The van der Waals surface area contributed by atoms with Crippen LogP contribution in [-0.4, -0.2) is 46.5 Å². The Labute approximate surface area is 105 Å². The summed E-state index contributed by atoms with van der Waals surface area (Å²) in [5.74, 6) is -1.27. The Balaban J connectivity index is 2.55. The zero-order valence-electron chi connectivity index (χ0n) is 10.6. The molecule has 18 heavy (non-hydrogen) atoms. The van der Waals surface area contributed by atoms with Crippen LogP contribution in [0.25, 0.3) is 0 Å². The average molecular weight is 255 g/mol. The topological polar surface area (TPSA) is 93.5 Å². The standard InChI is InChI=1S/C11H17N3O4/c1-7-4-9(14(2)13-7)11(17)12-6-8(18-3)5-10(15)16/h4,8H,5-6H2,1-3H3,(H,12,17)(H,15,16). The van der Waals surface area contributed by atoms with Crippen molar-refractivity contribution >= 4 is 11.9 Å². The minimum absolute atomic E-state index is 0.145. The third-order valence-corrected chi connectivity index (χ3v) is 2.46. The Morgan fingerprint density at radius 2 is 2.28 bits per heavy atom. The number of carboxylic acid groups (broad SMARTS) is 1. The first-order valence-corrected chi connectivity index (χ1v) is 5.47. The summed E-state index contributed by atoms with van der Waals surface area (Å²) in [4.78, 5) is 22.3. The summed E-state index contributed by atoms with van der Waals surface area (Å²) in [6.07, 6.45) is -0.693. The summed E-state index contributed by atoms with van der Waals surface area (Å²) in [6.45, 7) is 1.94. The predicted molar refractivity (Wildman–Crippen MR) is 63.3 cm³/mol. The van der Waals surface area contributed by atoms with Gasteiger partial charge in [-0.3, -0.25) is 14.3 Å². The average Bonchev–Trinajstić information content (AvgIpc) is 2.62. The fourth-order valence-electron chi connectivity index (χ4n) is 1.55. The highest BCUT2D eigenvalue weighted by Crippen LogP contribution is 2.02. The highest BCUT2D eigenvalue weighted by atomic mass is 16.5. The molecular formula is C11H17N3O4. The number of rotatable bonds is 6. The third-order valence-electron chi connectivity index (χ3n) is 2.46. The van der Waals surface area contributed by atoms with E-state index in [2.05, 4.69) is 10.4 Å². The van der Waals surface area contributed by atoms with Crippen molar-refractivity contribution < 1.29 is 19.4 Å². The molecule has 0 fully saturated rings. The third kappa shape index (κ3) is 3.85. The molecule has 100 valence electrons. The maximum absolute atomic E-state index is 11.8. The molecule has 1 atom stereocenters. The molecule has 7 nitrogen and oxygen atoms in total. The summed E-state index contributed by atoms with van der Waals surface area (Å²) < 4.78 is 6.44. The van der Waals surface area contributed by atoms with Gasteiger partial charge in [0.2, 0.25) is 0 Å². The highest BCUT2D eigenvalue weighted by Gasteiger charge is 2.16. The molecular weight excluding hydrogens is 238 g/mol. The molecule has 0 bridgehead atoms. The maximum atomic E-state index is 11.8. The molecule has 0 aliphatic heterocycles. The number of methoxy groups -OCH3 is 1. The van der Waals surface area contributed by atoms with E-state index in [-0.39, 0.29) is 18.9 Å². The van der Waals surface area contributed by atoms with Gasteiger partial charge >= 0.3 is 5.97 Å². The van der Waals surface area contributed by atoms with Crippen molar-refractivity contribution in [1.29, 1.82) is 0 Å². The number of amides is 1. The number of aliphatic carboxylic acids is 1. The second-order valence-corrected chi connectivity index (χ2v) is 3.96. The molecule has 0 radical (unpaired) electrons. The second kappa shape index (κ2) is 6.15. The number of carbonyl (C=O) groups is 2. The molecule has 1 amide bonds. The van der Waals surface area contributed by atoms with Crippen LogP contribution in [0.15, 0.2) is 6.07 Å². The molecule has 1 aromatic heterocycles. The minimum Gasteiger partial charge on any atom is -0.481 e. The Kier molecular flexibility index (Phi) is 4.85. The number of hydrogen-bond acceptors (Lipinski definition) is 4. The first-order chi connectivity index (χ1) is 8.43. The second-order valence-electron chi connectivity index (χ2n) is 3.96. The zero-order valence-corrected chi connectivity index (χ0v) is 10.6. The van der Waals surface area contributed by atoms with Gasteiger partial charge in [0.15, 0.2) is 0 Å². The number of nitrogens with zero attached hydrogens (tertiary/aromatic N) is 2. The quantitative estimate of drug-likeness (QED) is 0.743. The van der Waals surface area contributed by atoms with Crippen molar-refractivity contribution in [2.24, 2.45) is 7.05 Å². The van der Waals surface area contributed by atoms with E-state index >= 15 is 0 Å². The van der Waals surface area contributed by atoms with Gasteiger partial charge in [-0.1, -0.05) is 0 Å². The van der Waals surface area contributed by atoms with E-state index in [1.54, 1.807) is 20.0 Å². The molecule has 1 aromatic rings. The van der Waals surface area contributed by atoms with Gasteiger partial charge in [0, 0.05) is 20.7 Å². The highest BCUT2D eigenvalue weighted by molar-refractivity contribution is 5.92. The predicted octanol–water partition coefficient (Wildman–Crippen LogP) is -0.0520. The van der Waals surface area contributed by atoms with E-state index < -0.39 is 12.1 Å². The van der Waals surface area contributed by atoms with E-state index in [1.807, 2.05) is 0 Å². The lowest BCUT2D eigenvalue weighted by molar-refractivity contribution is -0.139. The van der Waals surface area contributed by atoms with Gasteiger partial charge in [-0.05, 0) is 13.0 Å². The molecule has 1 heterocycles. The van der Waals surface area contributed by atoms with E-state index in [4.69, 9.17) is 9.84 Å². The molecule has 2 N–H and O–H groups in total. The van der Waals surface area contributed by atoms with Crippen molar-refractivity contribution in [3.8, 4) is 0 Å². The van der Waals surface area contributed by atoms with Crippen molar-refractivity contribution in [2.75, 3.05) is 13.7 Å². The normalized spacial score (nSPS) is 12.2. The molecule has 0 saturated heterocycles. The summed E-state index contributed by atoms with van der Waals surface area (Å²) in [5, 5.41) is 15.3. The lowest BCUT2D eigenvalue weighted by Crippen LogP contribution is -2.35. The fourth-order valence-corrected chi connectivity index (χ4v) is 1.55. The van der Waals surface area contributed by atoms with Crippen LogP contribution in [0.4, 0.5) is 0 Å². The van der Waals surface area contributed by atoms with Crippen molar-refractivity contribution in [2.45, 2.75) is 19.4 Å². The number of carboxylic acids is 1. The molecule has 0 saturated carbocycles. The maximum Gasteiger partial charge on any atom is 0.306 e. The van der Waals surface area contributed by atoms with Crippen molar-refractivity contribution in [1.82, 2.24) is 15.1 Å². The molecule has 0 aliphatic rings. The summed E-state index contributed by atoms with van der Waals surface area (Å²) >= 11 is 0. The lowest BCUT2D eigenvalue weighted by atomic mass is 10.2. The summed E-state index contributed by atoms with van der Waals surface area (Å²) in [5.41, 5.74) is 1.18. The van der Waals surface area contributed by atoms with E-state index in [0.717, 1.165) is 5.69 Å². The number of nitrogens with one attached hydrogen (secondary N) is 1. The van der Waals surface area contributed by atoms with E-state index in [0.29, 0.717) is 5.69 Å². The molecule has 0 aromatic carbocycles. The van der Waals surface area contributed by atoms with Crippen LogP contribution >= 0.6 is 0 Å². The van der Waals surface area contributed by atoms with Gasteiger partial charge in [-0.15, -0.1) is 0 Å². The molecule has 0 aliphatic carbocycles. The molecule has 1 unspecified atom stereocenters. The first-order valence-electron chi connectivity index (χ1n) is 5.47. The Bertz CT molecular complexity index is 441. The number of aryl methyl sites for hydroxylation is 2. The molecule has 1 rings (SSSR count). The van der Waals surface area contributed by atoms with Crippen LogP contribution in [0.5, 0.6) is 0 Å². The molecule has 0 spiro atoms. The SMILES string of the molecule is COC(CNC(=O)c1cc(C)nn1C)CC(=O)O. The van der Waals surface area contributed by atoms with Crippen LogP contribution in [0.2, 0.25) is 0 Å². The van der Waals surface area contributed by atoms with Gasteiger partial charge < -0.3 is 15.2 Å². The first kappa shape index (κ1) is 14.2. The van der Waals surface area contributed by atoms with Crippen LogP contribution in [0.3, 0.4) is 0 Å². The van der Waals surface area contributed by atoms with Gasteiger partial charge in [-0.25, -0.2) is 0 Å². The fraction of sp³-hybridized carbons (Fsp3) is 0.545. The van der Waals surface area contributed by atoms with Crippen LogP contribution < -0.4 is 5.32 Å². The van der Waals surface area contributed by atoms with Gasteiger partial charge in [0.05, 0.1) is 18.2 Å². The van der Waals surface area contributed by atoms with Crippen molar-refractivity contribution in [3.63, 3.8) is 0 Å². The van der Waals surface area contributed by atoms with Crippen LogP contribution in [0, 0.1) is 6.92 Å².